The van der Waals surface area contributed by atoms with Crippen LogP contribution in [0.15, 0.2) is 30.3 Å². The van der Waals surface area contributed by atoms with Gasteiger partial charge in [0.15, 0.2) is 0 Å². The van der Waals surface area contributed by atoms with Crippen molar-refractivity contribution in [2.75, 3.05) is 34.4 Å². The Labute approximate surface area is 447 Å². The van der Waals surface area contributed by atoms with Gasteiger partial charge in [0.05, 0.1) is 36.6 Å². The minimum absolute atomic E-state index is 0.00281. The molecule has 2 bridgehead atoms. The van der Waals surface area contributed by atoms with Crippen LogP contribution in [0.25, 0.3) is 0 Å². The molecule has 4 fully saturated rings. The molecule has 4 aliphatic rings. The molecule has 1 aromatic carbocycles. The van der Waals surface area contributed by atoms with Crippen LogP contribution in [-0.2, 0) is 68.7 Å². The van der Waals surface area contributed by atoms with Gasteiger partial charge in [-0.15, -0.1) is 5.06 Å². The Morgan fingerprint density at radius 2 is 1.53 bits per heavy atom. The van der Waals surface area contributed by atoms with Crippen LogP contribution in [0.2, 0.25) is 0 Å². The lowest BCUT2D eigenvalue weighted by Crippen LogP contribution is -2.60. The molecule has 3 heterocycles. The van der Waals surface area contributed by atoms with Gasteiger partial charge in [0.25, 0.3) is 11.8 Å². The Balaban J connectivity index is 1.14. The van der Waals surface area contributed by atoms with Gasteiger partial charge in [-0.1, -0.05) is 77.8 Å². The van der Waals surface area contributed by atoms with E-state index >= 15 is 0 Å². The predicted octanol–water partition coefficient (Wildman–Crippen LogP) is 3.69. The number of hydroxylamine groups is 2. The molecule has 5 rings (SSSR count). The number of imide groups is 1. The van der Waals surface area contributed by atoms with Crippen LogP contribution in [0, 0.1) is 23.7 Å². The molecule has 0 aromatic heterocycles. The standard InChI is InChI=1S/C55H83N7O14/c1-9-34(4)49(41(74-7)32-46(67)60-29-17-20-40(60)51(75-8)35(5)52(69)57-39(55(72)73)30-36-18-12-10-13-19-36)59(6)54(71)48(33(2)3)58-53(70)50-37-24-25-38(31-37)61(50)43(64)22-14-11-15-28-56-42(63)21-16-23-47(68)76-62-44(65)26-27-45(62)66/h10,12-13,18-19,33-35,37-41,48-51H,9,11,14-17,20-32H2,1-8H3,(H,56,63)(H,57,69)(H,58,70)(H,72,73)/t34?,35?,37-,38+,39?,40-,41?,48?,49?,50-,51?/m0/s1. The van der Waals surface area contributed by atoms with Gasteiger partial charge in [0, 0.05) is 78.9 Å². The Morgan fingerprint density at radius 1 is 0.829 bits per heavy atom. The van der Waals surface area contributed by atoms with Crippen LogP contribution in [0.3, 0.4) is 0 Å². The number of ether oxygens (including phenoxy) is 2. The molecule has 76 heavy (non-hydrogen) atoms. The lowest BCUT2D eigenvalue weighted by molar-refractivity contribution is -0.197. The number of piperidine rings is 1. The summed E-state index contributed by atoms with van der Waals surface area (Å²) in [6.07, 6.45) is 4.80. The number of nitrogens with zero attached hydrogens (tertiary/aromatic N) is 4. The summed E-state index contributed by atoms with van der Waals surface area (Å²) >= 11 is 0. The summed E-state index contributed by atoms with van der Waals surface area (Å²) in [4.78, 5) is 141. The van der Waals surface area contributed by atoms with Gasteiger partial charge < -0.3 is 50.1 Å². The van der Waals surface area contributed by atoms with E-state index in [9.17, 15) is 53.1 Å². The second-order valence-corrected chi connectivity index (χ2v) is 21.4. The number of likely N-dealkylation sites (tertiary alicyclic amines) is 2. The van der Waals surface area contributed by atoms with Crippen LogP contribution < -0.4 is 16.0 Å². The number of carboxylic acid groups (broad SMARTS) is 1. The van der Waals surface area contributed by atoms with Gasteiger partial charge in [-0.2, -0.15) is 0 Å². The first-order valence-corrected chi connectivity index (χ1v) is 27.4. The third-order valence-corrected chi connectivity index (χ3v) is 15.9. The minimum Gasteiger partial charge on any atom is -0.480 e. The van der Waals surface area contributed by atoms with Crippen molar-refractivity contribution < 1.29 is 67.4 Å². The molecule has 1 aromatic rings. The lowest BCUT2D eigenvalue weighted by Gasteiger charge is -2.41. The SMILES string of the molecule is CCC(C)C(C(CC(=O)N1CCC[C@H]1C(OC)C(C)C(=O)NC(Cc1ccccc1)C(=O)O)OC)N(C)C(=O)C(NC(=O)[C@@H]1[C@H]2CC[C@H](C2)N1C(=O)CCCCCNC(=O)CCCC(=O)ON1C(=O)CCC1=O)C(C)C. The molecule has 21 heteroatoms. The number of carboxylic acids is 1. The molecule has 3 aliphatic heterocycles. The number of methoxy groups -OCH3 is 2. The van der Waals surface area contributed by atoms with Gasteiger partial charge >= 0.3 is 11.9 Å². The molecule has 1 aliphatic carbocycles. The number of unbranched alkanes of at least 4 members (excludes halogenated alkanes) is 2. The van der Waals surface area contributed by atoms with Crippen molar-refractivity contribution in [1.29, 1.82) is 0 Å². The molecule has 0 radical (unpaired) electrons. The molecule has 8 amide bonds. The number of fused-ring (bicyclic) bond motifs is 2. The third kappa shape index (κ3) is 15.8. The number of hydrogen-bond donors (Lipinski definition) is 4. The van der Waals surface area contributed by atoms with Crippen LogP contribution in [0.5, 0.6) is 0 Å². The van der Waals surface area contributed by atoms with Crippen molar-refractivity contribution in [2.24, 2.45) is 23.7 Å². The predicted molar refractivity (Wildman–Crippen MR) is 277 cm³/mol. The quantitative estimate of drug-likeness (QED) is 0.0633. The fraction of sp³-hybridized carbons (Fsp3) is 0.709. The first-order valence-electron chi connectivity index (χ1n) is 27.4. The molecule has 7 unspecified atom stereocenters. The summed E-state index contributed by atoms with van der Waals surface area (Å²) < 4.78 is 12.0. The van der Waals surface area contributed by atoms with Crippen LogP contribution in [0.1, 0.15) is 143 Å². The van der Waals surface area contributed by atoms with E-state index in [2.05, 4.69) is 16.0 Å². The number of carbonyl (C=O) groups excluding carboxylic acids is 9. The lowest BCUT2D eigenvalue weighted by atomic mass is 9.89. The third-order valence-electron chi connectivity index (χ3n) is 15.9. The summed E-state index contributed by atoms with van der Waals surface area (Å²) in [5.74, 6) is -6.25. The molecule has 0 spiro atoms. The van der Waals surface area contributed by atoms with Gasteiger partial charge in [-0.05, 0) is 74.7 Å². The van der Waals surface area contributed by atoms with E-state index in [0.717, 1.165) is 18.4 Å². The van der Waals surface area contributed by atoms with E-state index in [4.69, 9.17) is 14.3 Å². The molecule has 422 valence electrons. The topological polar surface area (TPSA) is 268 Å². The molecular formula is C55H83N7O14. The largest absolute Gasteiger partial charge is 0.480 e. The maximum absolute atomic E-state index is 14.7. The first-order chi connectivity index (χ1) is 36.2. The number of aliphatic carboxylic acids is 1. The van der Waals surface area contributed by atoms with E-state index in [1.54, 1.807) is 52.9 Å². The Morgan fingerprint density at radius 3 is 2.16 bits per heavy atom. The Kier molecular flexibility index (Phi) is 23.2. The monoisotopic (exact) mass is 1070 g/mol. The zero-order valence-electron chi connectivity index (χ0n) is 45.8. The van der Waals surface area contributed by atoms with Crippen molar-refractivity contribution in [3.05, 3.63) is 35.9 Å². The number of carbonyl (C=O) groups is 10. The number of likely N-dealkylation sites (N-methyl/N-ethyl adjacent to an activating group) is 1. The molecular weight excluding hydrogens is 983 g/mol. The normalized spacial score (nSPS) is 21.9. The second kappa shape index (κ2) is 29.0. The van der Waals surface area contributed by atoms with Crippen LogP contribution in [-0.4, -0.2) is 167 Å². The Bertz CT molecular complexity index is 2200. The highest BCUT2D eigenvalue weighted by atomic mass is 16.7. The van der Waals surface area contributed by atoms with E-state index in [0.29, 0.717) is 63.1 Å². The number of rotatable bonds is 30. The maximum Gasteiger partial charge on any atom is 0.333 e. The molecule has 21 nitrogen and oxygen atoms in total. The van der Waals surface area contributed by atoms with Crippen molar-refractivity contribution in [3.63, 3.8) is 0 Å². The van der Waals surface area contributed by atoms with Crippen LogP contribution in [0.4, 0.5) is 0 Å². The summed E-state index contributed by atoms with van der Waals surface area (Å²) in [5, 5.41) is 19.0. The summed E-state index contributed by atoms with van der Waals surface area (Å²) in [6.45, 7) is 10.1. The van der Waals surface area contributed by atoms with E-state index in [1.165, 1.54) is 14.2 Å². The Hall–Kier alpha value is -5.96. The fourth-order valence-electron chi connectivity index (χ4n) is 11.5. The van der Waals surface area contributed by atoms with E-state index in [1.807, 2.05) is 33.8 Å². The zero-order chi connectivity index (χ0) is 55.8. The highest BCUT2D eigenvalue weighted by Gasteiger charge is 2.52. The summed E-state index contributed by atoms with van der Waals surface area (Å²) in [5.41, 5.74) is 0.759. The maximum atomic E-state index is 14.7. The zero-order valence-corrected chi connectivity index (χ0v) is 45.8. The van der Waals surface area contributed by atoms with Gasteiger partial charge in [-0.3, -0.25) is 38.4 Å². The number of benzene rings is 1. The smallest absolute Gasteiger partial charge is 0.333 e. The van der Waals surface area contributed by atoms with Gasteiger partial charge in [0.2, 0.25) is 35.4 Å². The second-order valence-electron chi connectivity index (χ2n) is 21.4. The summed E-state index contributed by atoms with van der Waals surface area (Å²) in [6, 6.07) is 5.04. The van der Waals surface area contributed by atoms with Crippen molar-refractivity contribution in [3.8, 4) is 0 Å². The number of nitrogens with one attached hydrogen (secondary N) is 3. The van der Waals surface area contributed by atoms with Crippen molar-refractivity contribution in [1.82, 2.24) is 35.7 Å². The highest BCUT2D eigenvalue weighted by molar-refractivity contribution is 6.01. The van der Waals surface area contributed by atoms with E-state index in [-0.39, 0.29) is 105 Å². The first kappa shape index (κ1) is 60.9. The van der Waals surface area contributed by atoms with Gasteiger partial charge in [-0.25, -0.2) is 9.59 Å². The van der Waals surface area contributed by atoms with Crippen LogP contribution >= 0.6 is 0 Å². The molecule has 3 saturated heterocycles. The minimum atomic E-state index is -1.17. The number of amides is 8. The highest BCUT2D eigenvalue weighted by Crippen LogP contribution is 2.43. The van der Waals surface area contributed by atoms with Crippen molar-refractivity contribution in [2.45, 2.75) is 192 Å². The molecule has 11 atom stereocenters. The molecule has 4 N–H and O–H groups in total. The summed E-state index contributed by atoms with van der Waals surface area (Å²) in [7, 11) is 4.65. The van der Waals surface area contributed by atoms with E-state index < -0.39 is 78.0 Å². The van der Waals surface area contributed by atoms with Crippen molar-refractivity contribution >= 4 is 59.2 Å². The number of hydrogen-bond acceptors (Lipinski definition) is 13. The fourth-order valence-corrected chi connectivity index (χ4v) is 11.5. The average Bonchev–Trinajstić information content (AvgIpc) is 4.22. The van der Waals surface area contributed by atoms with Gasteiger partial charge in [0.1, 0.15) is 18.1 Å². The average molecular weight is 1070 g/mol. The molecule has 1 saturated carbocycles.